The molecule has 0 fully saturated rings. The van der Waals surface area contributed by atoms with Crippen molar-refractivity contribution in [1.29, 1.82) is 0 Å². The van der Waals surface area contributed by atoms with Crippen molar-refractivity contribution in [2.45, 2.75) is 41.0 Å². The smallest absolute Gasteiger partial charge is 0.343 e. The molecule has 0 aromatic heterocycles. The first-order valence-corrected chi connectivity index (χ1v) is 16.0. The second kappa shape index (κ2) is 13.5. The summed E-state index contributed by atoms with van der Waals surface area (Å²) in [4.78, 5) is 26.6. The maximum Gasteiger partial charge on any atom is 0.343 e. The van der Waals surface area contributed by atoms with Gasteiger partial charge in [-0.1, -0.05) is 79.7 Å². The van der Waals surface area contributed by atoms with Gasteiger partial charge in [-0.2, -0.15) is 0 Å². The SMILES string of the molecule is Cc1ccc(C(=O)Oc2ccc(-c3ccc(OC(=O)c4ccc(C)c(C)c4)c(-c4ccccc4)c3)cc2C2=CC=CCC2C)cc1C. The Morgan fingerprint density at radius 3 is 1.64 bits per heavy atom. The molecule has 1 atom stereocenters. The Hall–Kier alpha value is -5.48. The number of esters is 2. The fraction of sp³-hybridized carbons (Fsp3) is 0.163. The van der Waals surface area contributed by atoms with E-state index in [0.29, 0.717) is 22.6 Å². The van der Waals surface area contributed by atoms with Gasteiger partial charge in [-0.3, -0.25) is 0 Å². The lowest BCUT2D eigenvalue weighted by molar-refractivity contribution is 0.0725. The van der Waals surface area contributed by atoms with Crippen LogP contribution in [0, 0.1) is 33.6 Å². The Bertz CT molecular complexity index is 2050. The first-order valence-electron chi connectivity index (χ1n) is 16.0. The first kappa shape index (κ1) is 31.5. The van der Waals surface area contributed by atoms with Crippen LogP contribution in [0.15, 0.2) is 121 Å². The number of allylic oxidation sites excluding steroid dienone is 4. The van der Waals surface area contributed by atoms with Gasteiger partial charge in [-0.05, 0) is 133 Å². The van der Waals surface area contributed by atoms with Crippen LogP contribution in [0.5, 0.6) is 11.5 Å². The quantitative estimate of drug-likeness (QED) is 0.135. The van der Waals surface area contributed by atoms with Crippen molar-refractivity contribution in [3.05, 3.63) is 160 Å². The van der Waals surface area contributed by atoms with Crippen LogP contribution in [0.1, 0.15) is 61.9 Å². The molecular formula is C43H38O4. The second-order valence-electron chi connectivity index (χ2n) is 12.4. The van der Waals surface area contributed by atoms with E-state index in [1.807, 2.05) is 113 Å². The van der Waals surface area contributed by atoms with Crippen molar-refractivity contribution in [3.8, 4) is 33.8 Å². The highest BCUT2D eigenvalue weighted by Gasteiger charge is 2.21. The van der Waals surface area contributed by atoms with Gasteiger partial charge in [0.15, 0.2) is 0 Å². The number of hydrogen-bond donors (Lipinski definition) is 0. The highest BCUT2D eigenvalue weighted by atomic mass is 16.5. The van der Waals surface area contributed by atoms with E-state index in [1.54, 1.807) is 6.07 Å². The van der Waals surface area contributed by atoms with Crippen LogP contribution in [-0.2, 0) is 0 Å². The monoisotopic (exact) mass is 618 g/mol. The normalized spacial score (nSPS) is 14.0. The molecule has 6 rings (SSSR count). The van der Waals surface area contributed by atoms with Crippen molar-refractivity contribution in [1.82, 2.24) is 0 Å². The van der Waals surface area contributed by atoms with E-state index in [-0.39, 0.29) is 11.9 Å². The van der Waals surface area contributed by atoms with Crippen molar-refractivity contribution >= 4 is 17.5 Å². The van der Waals surface area contributed by atoms with Crippen molar-refractivity contribution in [2.24, 2.45) is 5.92 Å². The van der Waals surface area contributed by atoms with Gasteiger partial charge in [0, 0.05) is 11.1 Å². The lowest BCUT2D eigenvalue weighted by Gasteiger charge is -2.21. The molecule has 0 bridgehead atoms. The number of carbonyl (C=O) groups is 2. The van der Waals surface area contributed by atoms with Gasteiger partial charge >= 0.3 is 11.9 Å². The zero-order valence-electron chi connectivity index (χ0n) is 27.5. The summed E-state index contributed by atoms with van der Waals surface area (Å²) >= 11 is 0. The number of hydrogen-bond acceptors (Lipinski definition) is 4. The minimum atomic E-state index is -0.401. The van der Waals surface area contributed by atoms with Gasteiger partial charge < -0.3 is 9.47 Å². The average molecular weight is 619 g/mol. The fourth-order valence-electron chi connectivity index (χ4n) is 5.82. The number of aryl methyl sites for hydroxylation is 4. The summed E-state index contributed by atoms with van der Waals surface area (Å²) in [5, 5.41) is 0. The van der Waals surface area contributed by atoms with Gasteiger partial charge in [-0.15, -0.1) is 0 Å². The minimum absolute atomic E-state index is 0.251. The van der Waals surface area contributed by atoms with E-state index in [2.05, 4.69) is 37.3 Å². The van der Waals surface area contributed by atoms with E-state index in [4.69, 9.17) is 9.47 Å². The number of ether oxygens (including phenoxy) is 2. The third-order valence-electron chi connectivity index (χ3n) is 9.01. The molecule has 234 valence electrons. The zero-order chi connectivity index (χ0) is 33.1. The van der Waals surface area contributed by atoms with Crippen LogP contribution in [0.25, 0.3) is 27.8 Å². The van der Waals surface area contributed by atoms with Gasteiger partial charge in [-0.25, -0.2) is 9.59 Å². The van der Waals surface area contributed by atoms with E-state index < -0.39 is 5.97 Å². The molecule has 0 heterocycles. The molecule has 0 amide bonds. The summed E-state index contributed by atoms with van der Waals surface area (Å²) in [6.07, 6.45) is 7.22. The molecule has 1 aliphatic rings. The van der Waals surface area contributed by atoms with Crippen LogP contribution in [0.3, 0.4) is 0 Å². The maximum absolute atomic E-state index is 13.3. The Balaban J connectivity index is 1.40. The second-order valence-corrected chi connectivity index (χ2v) is 12.4. The summed E-state index contributed by atoms with van der Waals surface area (Å²) in [5.74, 6) is 0.467. The van der Waals surface area contributed by atoms with E-state index in [0.717, 1.165) is 62.1 Å². The molecular weight excluding hydrogens is 580 g/mol. The molecule has 1 unspecified atom stereocenters. The van der Waals surface area contributed by atoms with Crippen LogP contribution in [0.4, 0.5) is 0 Å². The maximum atomic E-state index is 13.3. The largest absolute Gasteiger partial charge is 0.422 e. The van der Waals surface area contributed by atoms with Crippen molar-refractivity contribution < 1.29 is 19.1 Å². The molecule has 47 heavy (non-hydrogen) atoms. The molecule has 0 saturated carbocycles. The summed E-state index contributed by atoms with van der Waals surface area (Å²) in [6, 6.07) is 33.0. The summed E-state index contributed by atoms with van der Waals surface area (Å²) in [6.45, 7) is 10.2. The number of benzene rings is 5. The number of carbonyl (C=O) groups excluding carboxylic acids is 2. The molecule has 4 heteroatoms. The topological polar surface area (TPSA) is 52.6 Å². The third-order valence-corrected chi connectivity index (χ3v) is 9.01. The lowest BCUT2D eigenvalue weighted by Crippen LogP contribution is -2.11. The van der Waals surface area contributed by atoms with Crippen LogP contribution in [-0.4, -0.2) is 11.9 Å². The van der Waals surface area contributed by atoms with Crippen molar-refractivity contribution in [2.75, 3.05) is 0 Å². The molecule has 0 saturated heterocycles. The van der Waals surface area contributed by atoms with Crippen LogP contribution in [0.2, 0.25) is 0 Å². The molecule has 5 aromatic carbocycles. The van der Waals surface area contributed by atoms with E-state index >= 15 is 0 Å². The Morgan fingerprint density at radius 1 is 0.574 bits per heavy atom. The molecule has 1 aliphatic carbocycles. The Morgan fingerprint density at radius 2 is 1.11 bits per heavy atom. The fourth-order valence-corrected chi connectivity index (χ4v) is 5.82. The molecule has 4 nitrogen and oxygen atoms in total. The molecule has 0 aliphatic heterocycles. The van der Waals surface area contributed by atoms with Gasteiger partial charge in [0.2, 0.25) is 0 Å². The van der Waals surface area contributed by atoms with Crippen molar-refractivity contribution in [3.63, 3.8) is 0 Å². The number of rotatable bonds is 7. The first-order chi connectivity index (χ1) is 22.7. The van der Waals surface area contributed by atoms with Gasteiger partial charge in [0.25, 0.3) is 0 Å². The highest BCUT2D eigenvalue weighted by Crippen LogP contribution is 2.40. The predicted octanol–water partition coefficient (Wildman–Crippen LogP) is 10.7. The van der Waals surface area contributed by atoms with Crippen LogP contribution >= 0.6 is 0 Å². The summed E-state index contributed by atoms with van der Waals surface area (Å²) in [7, 11) is 0. The molecule has 5 aromatic rings. The highest BCUT2D eigenvalue weighted by molar-refractivity contribution is 5.94. The Kier molecular flexibility index (Phi) is 9.03. The predicted molar refractivity (Wildman–Crippen MR) is 190 cm³/mol. The Labute approximate surface area is 277 Å². The third kappa shape index (κ3) is 6.87. The van der Waals surface area contributed by atoms with E-state index in [9.17, 15) is 9.59 Å². The van der Waals surface area contributed by atoms with E-state index in [1.165, 1.54) is 0 Å². The zero-order valence-corrected chi connectivity index (χ0v) is 27.5. The molecule has 0 radical (unpaired) electrons. The molecule has 0 spiro atoms. The standard InChI is InChI=1S/C43H38O4/c1-27-15-17-35(23-30(27)4)42(44)46-40-21-19-33(25-38(40)32-12-7-6-8-13-32)34-20-22-41(39(26-34)37-14-10-9-11-29(37)3)47-43(45)36-18-16-28(2)31(5)24-36/h6-10,12-26,29H,11H2,1-5H3. The minimum Gasteiger partial charge on any atom is -0.422 e. The van der Waals surface area contributed by atoms with Gasteiger partial charge in [0.05, 0.1) is 11.1 Å². The summed E-state index contributed by atoms with van der Waals surface area (Å²) in [5.41, 5.74) is 11.0. The lowest BCUT2D eigenvalue weighted by atomic mass is 9.86. The van der Waals surface area contributed by atoms with Gasteiger partial charge in [0.1, 0.15) is 11.5 Å². The average Bonchev–Trinajstić information content (AvgIpc) is 3.08. The molecule has 0 N–H and O–H groups in total. The summed E-state index contributed by atoms with van der Waals surface area (Å²) < 4.78 is 12.1. The van der Waals surface area contributed by atoms with Crippen LogP contribution < -0.4 is 9.47 Å².